The molecule has 0 aromatic heterocycles. The zero-order chi connectivity index (χ0) is 21.2. The minimum absolute atomic E-state index is 0.479. The van der Waals surface area contributed by atoms with Crippen molar-refractivity contribution in [3.8, 4) is 0 Å². The van der Waals surface area contributed by atoms with Crippen molar-refractivity contribution in [3.63, 3.8) is 0 Å². The molecular formula is C22H25Cl2NO4. The van der Waals surface area contributed by atoms with Crippen molar-refractivity contribution in [2.24, 2.45) is 0 Å². The molecule has 0 radical (unpaired) electrons. The van der Waals surface area contributed by atoms with Crippen LogP contribution in [0.25, 0.3) is 0 Å². The van der Waals surface area contributed by atoms with Crippen LogP contribution in [-0.2, 0) is 16.0 Å². The first-order valence-corrected chi connectivity index (χ1v) is 10.3. The number of rotatable bonds is 6. The van der Waals surface area contributed by atoms with Crippen LogP contribution in [0.5, 0.6) is 0 Å². The largest absolute Gasteiger partial charge is 0.473 e. The van der Waals surface area contributed by atoms with Gasteiger partial charge in [0, 0.05) is 10.0 Å². The Hall–Kier alpha value is -2.08. The molecule has 1 unspecified atom stereocenters. The number of nitrogens with zero attached hydrogens (tertiary/aromatic N) is 1. The van der Waals surface area contributed by atoms with E-state index in [1.54, 1.807) is 0 Å². The molecule has 1 heterocycles. The number of benzene rings is 2. The Morgan fingerprint density at radius 1 is 0.931 bits per heavy atom. The van der Waals surface area contributed by atoms with Crippen molar-refractivity contribution in [1.29, 1.82) is 0 Å². The summed E-state index contributed by atoms with van der Waals surface area (Å²) in [6.07, 6.45) is 4.83. The molecule has 2 aromatic carbocycles. The first-order valence-electron chi connectivity index (χ1n) is 9.54. The van der Waals surface area contributed by atoms with Crippen LogP contribution in [0.1, 0.15) is 36.3 Å². The van der Waals surface area contributed by atoms with Crippen molar-refractivity contribution in [2.75, 3.05) is 19.6 Å². The van der Waals surface area contributed by atoms with Gasteiger partial charge in [0.25, 0.3) is 0 Å². The predicted octanol–water partition coefficient (Wildman–Crippen LogP) is 4.96. The van der Waals surface area contributed by atoms with E-state index >= 15 is 0 Å². The Balaban J connectivity index is 0.000000438. The van der Waals surface area contributed by atoms with Crippen LogP contribution in [0.3, 0.4) is 0 Å². The fraction of sp³-hybridized carbons (Fsp3) is 0.364. The van der Waals surface area contributed by atoms with Crippen LogP contribution >= 0.6 is 23.2 Å². The minimum Gasteiger partial charge on any atom is -0.473 e. The van der Waals surface area contributed by atoms with E-state index in [2.05, 4.69) is 29.2 Å². The number of hydrogen-bond acceptors (Lipinski definition) is 3. The Morgan fingerprint density at radius 3 is 2.07 bits per heavy atom. The third-order valence-electron chi connectivity index (χ3n) is 4.94. The maximum absolute atomic E-state index is 9.10. The average molecular weight is 438 g/mol. The van der Waals surface area contributed by atoms with Gasteiger partial charge in [-0.3, -0.25) is 0 Å². The highest BCUT2D eigenvalue weighted by molar-refractivity contribution is 6.31. The second-order valence-electron chi connectivity index (χ2n) is 6.99. The quantitative estimate of drug-likeness (QED) is 0.624. The Bertz CT molecular complexity index is 793. The summed E-state index contributed by atoms with van der Waals surface area (Å²) in [6, 6.07) is 16.5. The molecule has 3 rings (SSSR count). The number of carboxylic acids is 2. The Kier molecular flexibility index (Phi) is 9.45. The molecule has 1 saturated heterocycles. The van der Waals surface area contributed by atoms with Gasteiger partial charge in [-0.15, -0.1) is 0 Å². The van der Waals surface area contributed by atoms with Crippen LogP contribution in [0, 0.1) is 0 Å². The lowest BCUT2D eigenvalue weighted by atomic mass is 9.89. The normalized spacial score (nSPS) is 14.7. The minimum atomic E-state index is -1.82. The molecule has 1 atom stereocenters. The molecular weight excluding hydrogens is 413 g/mol. The van der Waals surface area contributed by atoms with Crippen LogP contribution in [0.4, 0.5) is 0 Å². The predicted molar refractivity (Wildman–Crippen MR) is 115 cm³/mol. The van der Waals surface area contributed by atoms with Gasteiger partial charge in [0.15, 0.2) is 0 Å². The topological polar surface area (TPSA) is 77.8 Å². The highest BCUT2D eigenvalue weighted by atomic mass is 35.5. The van der Waals surface area contributed by atoms with Crippen molar-refractivity contribution in [3.05, 3.63) is 69.7 Å². The maximum atomic E-state index is 9.10. The second kappa shape index (κ2) is 11.8. The van der Waals surface area contributed by atoms with Gasteiger partial charge in [-0.25, -0.2) is 9.59 Å². The smallest absolute Gasteiger partial charge is 0.414 e. The van der Waals surface area contributed by atoms with E-state index in [9.17, 15) is 0 Å². The third-order valence-corrected chi connectivity index (χ3v) is 5.56. The molecule has 0 spiro atoms. The summed E-state index contributed by atoms with van der Waals surface area (Å²) >= 11 is 12.4. The summed E-state index contributed by atoms with van der Waals surface area (Å²) in [5.41, 5.74) is 2.59. The van der Waals surface area contributed by atoms with E-state index in [1.807, 2.05) is 24.3 Å². The van der Waals surface area contributed by atoms with E-state index in [4.69, 9.17) is 43.0 Å². The van der Waals surface area contributed by atoms with Gasteiger partial charge in [-0.1, -0.05) is 53.5 Å². The fourth-order valence-electron chi connectivity index (χ4n) is 3.40. The zero-order valence-corrected chi connectivity index (χ0v) is 17.6. The molecule has 0 bridgehead atoms. The summed E-state index contributed by atoms with van der Waals surface area (Å²) in [4.78, 5) is 20.8. The monoisotopic (exact) mass is 437 g/mol. The molecule has 5 nitrogen and oxygen atoms in total. The molecule has 0 amide bonds. The highest BCUT2D eigenvalue weighted by Gasteiger charge is 2.18. The number of carbonyl (C=O) groups is 2. The van der Waals surface area contributed by atoms with Crippen LogP contribution in [-0.4, -0.2) is 46.7 Å². The first-order chi connectivity index (χ1) is 13.9. The van der Waals surface area contributed by atoms with E-state index < -0.39 is 11.9 Å². The Morgan fingerprint density at radius 2 is 1.52 bits per heavy atom. The molecule has 7 heteroatoms. The fourth-order valence-corrected chi connectivity index (χ4v) is 3.73. The van der Waals surface area contributed by atoms with E-state index in [0.717, 1.165) is 29.4 Å². The van der Waals surface area contributed by atoms with E-state index in [0.29, 0.717) is 5.92 Å². The van der Waals surface area contributed by atoms with Crippen LogP contribution in [0.15, 0.2) is 48.5 Å². The average Bonchev–Trinajstić information content (AvgIpc) is 3.21. The van der Waals surface area contributed by atoms with Gasteiger partial charge in [0.2, 0.25) is 0 Å². The van der Waals surface area contributed by atoms with Crippen molar-refractivity contribution < 1.29 is 19.8 Å². The van der Waals surface area contributed by atoms with Gasteiger partial charge in [-0.05, 0) is 80.6 Å². The third kappa shape index (κ3) is 8.05. The van der Waals surface area contributed by atoms with Gasteiger partial charge in [-0.2, -0.15) is 0 Å². The summed E-state index contributed by atoms with van der Waals surface area (Å²) in [7, 11) is 0. The molecule has 156 valence electrons. The lowest BCUT2D eigenvalue weighted by Gasteiger charge is -2.22. The van der Waals surface area contributed by atoms with E-state index in [-0.39, 0.29) is 0 Å². The highest BCUT2D eigenvalue weighted by Crippen LogP contribution is 2.29. The number of hydrogen-bond donors (Lipinski definition) is 2. The van der Waals surface area contributed by atoms with Gasteiger partial charge in [0.05, 0.1) is 0 Å². The zero-order valence-electron chi connectivity index (χ0n) is 16.1. The molecule has 1 fully saturated rings. The molecule has 2 aromatic rings. The lowest BCUT2D eigenvalue weighted by Crippen LogP contribution is -2.22. The molecule has 1 aliphatic heterocycles. The van der Waals surface area contributed by atoms with Crippen LogP contribution < -0.4 is 0 Å². The summed E-state index contributed by atoms with van der Waals surface area (Å²) in [5, 5.41) is 16.4. The molecule has 0 aliphatic carbocycles. The van der Waals surface area contributed by atoms with Gasteiger partial charge in [0.1, 0.15) is 0 Å². The van der Waals surface area contributed by atoms with Crippen LogP contribution in [0.2, 0.25) is 10.0 Å². The summed E-state index contributed by atoms with van der Waals surface area (Å²) < 4.78 is 0. The SMILES string of the molecule is Clc1ccc(C(CCN2CCCC2)Cc2ccccc2Cl)cc1.O=C(O)C(=O)O. The maximum Gasteiger partial charge on any atom is 0.414 e. The first kappa shape index (κ1) is 23.2. The van der Waals surface area contributed by atoms with Crippen molar-refractivity contribution >= 4 is 35.1 Å². The molecule has 29 heavy (non-hydrogen) atoms. The van der Waals surface area contributed by atoms with Gasteiger partial charge >= 0.3 is 11.9 Å². The number of likely N-dealkylation sites (tertiary alicyclic amines) is 1. The van der Waals surface area contributed by atoms with Crippen molar-refractivity contribution in [2.45, 2.75) is 31.6 Å². The number of carboxylic acid groups (broad SMARTS) is 2. The van der Waals surface area contributed by atoms with Gasteiger partial charge < -0.3 is 15.1 Å². The second-order valence-corrected chi connectivity index (χ2v) is 7.84. The standard InChI is InChI=1S/C20H23Cl2N.C2H2O4/c21-19-9-7-16(8-10-19)17(11-14-23-12-3-4-13-23)15-18-5-1-2-6-20(18)22;3-1(4)2(5)6/h1-2,5-10,17H,3-4,11-15H2;(H,3,4)(H,5,6). The number of aliphatic carboxylic acids is 2. The van der Waals surface area contributed by atoms with E-state index in [1.165, 1.54) is 37.1 Å². The van der Waals surface area contributed by atoms with Crippen molar-refractivity contribution in [1.82, 2.24) is 4.90 Å². The Labute approximate surface area is 180 Å². The lowest BCUT2D eigenvalue weighted by molar-refractivity contribution is -0.159. The number of halogens is 2. The molecule has 0 saturated carbocycles. The summed E-state index contributed by atoms with van der Waals surface area (Å²) in [5.74, 6) is -3.17. The molecule has 1 aliphatic rings. The molecule has 2 N–H and O–H groups in total. The summed E-state index contributed by atoms with van der Waals surface area (Å²) in [6.45, 7) is 3.66.